The zero-order chi connectivity index (χ0) is 22.2. The third kappa shape index (κ3) is 6.92. The maximum atomic E-state index is 12.9. The molecule has 0 radical (unpaired) electrons. The number of carbonyl (C=O) groups is 2. The monoisotopic (exact) mass is 531 g/mol. The van der Waals surface area contributed by atoms with Crippen LogP contribution in [0.4, 0.5) is 4.39 Å². The first kappa shape index (κ1) is 22.5. The number of hydrogen-bond acceptors (Lipinski definition) is 3. The van der Waals surface area contributed by atoms with Gasteiger partial charge in [-0.3, -0.25) is 4.79 Å². The number of aryl methyl sites for hydroxylation is 1. The fourth-order valence-electron chi connectivity index (χ4n) is 2.73. The molecule has 0 saturated heterocycles. The van der Waals surface area contributed by atoms with Crippen LogP contribution >= 0.6 is 22.6 Å². The molecule has 2 N–H and O–H groups in total. The van der Waals surface area contributed by atoms with Crippen LogP contribution in [0.5, 0.6) is 11.5 Å². The van der Waals surface area contributed by atoms with Gasteiger partial charge in [-0.25, -0.2) is 9.18 Å². The molecule has 1 amide bonds. The highest BCUT2D eigenvalue weighted by molar-refractivity contribution is 14.1. The highest BCUT2D eigenvalue weighted by atomic mass is 127. The predicted molar refractivity (Wildman–Crippen MR) is 124 cm³/mol. The third-order valence-electron chi connectivity index (χ3n) is 4.31. The molecule has 0 saturated carbocycles. The number of carboxylic acids is 1. The molecule has 0 aliphatic rings. The number of hydrogen-bond donors (Lipinski definition) is 2. The van der Waals surface area contributed by atoms with Gasteiger partial charge in [-0.2, -0.15) is 0 Å². The molecular weight excluding hydrogens is 512 g/mol. The summed E-state index contributed by atoms with van der Waals surface area (Å²) in [4.78, 5) is 23.7. The largest absolute Gasteiger partial charge is 0.477 e. The van der Waals surface area contributed by atoms with Crippen LogP contribution in [0.3, 0.4) is 0 Å². The van der Waals surface area contributed by atoms with Gasteiger partial charge in [0.25, 0.3) is 0 Å². The summed E-state index contributed by atoms with van der Waals surface area (Å²) in [5.74, 6) is -0.683. The number of para-hydroxylation sites is 1. The molecule has 0 bridgehead atoms. The van der Waals surface area contributed by atoms with E-state index in [0.717, 1.165) is 14.9 Å². The van der Waals surface area contributed by atoms with E-state index < -0.39 is 11.9 Å². The number of ether oxygens (including phenoxy) is 1. The van der Waals surface area contributed by atoms with Crippen molar-refractivity contribution in [3.05, 3.63) is 99.0 Å². The first-order valence-electron chi connectivity index (χ1n) is 9.42. The van der Waals surface area contributed by atoms with Crippen molar-refractivity contribution in [1.29, 1.82) is 0 Å². The highest BCUT2D eigenvalue weighted by Crippen LogP contribution is 2.26. The normalized spacial score (nSPS) is 11.1. The van der Waals surface area contributed by atoms with Crippen LogP contribution in [0, 0.1) is 9.39 Å². The molecule has 0 heterocycles. The lowest BCUT2D eigenvalue weighted by Crippen LogP contribution is -2.27. The molecule has 0 aliphatic heterocycles. The summed E-state index contributed by atoms with van der Waals surface area (Å²) in [5, 5.41) is 11.9. The number of halogens is 2. The van der Waals surface area contributed by atoms with Crippen LogP contribution in [0.2, 0.25) is 0 Å². The minimum atomic E-state index is -1.24. The Bertz CT molecular complexity index is 1100. The summed E-state index contributed by atoms with van der Waals surface area (Å²) in [7, 11) is 0. The third-order valence-corrected chi connectivity index (χ3v) is 5.21. The van der Waals surface area contributed by atoms with Gasteiger partial charge in [0.1, 0.15) is 23.0 Å². The van der Waals surface area contributed by atoms with E-state index in [4.69, 9.17) is 4.74 Å². The van der Waals surface area contributed by atoms with Crippen molar-refractivity contribution in [1.82, 2.24) is 5.32 Å². The van der Waals surface area contributed by atoms with Crippen molar-refractivity contribution in [3.8, 4) is 11.5 Å². The van der Waals surface area contributed by atoms with Gasteiger partial charge >= 0.3 is 5.97 Å². The number of aliphatic carboxylic acids is 1. The average Bonchev–Trinajstić information content (AvgIpc) is 2.75. The molecule has 0 aromatic heterocycles. The van der Waals surface area contributed by atoms with Gasteiger partial charge in [-0.15, -0.1) is 0 Å². The Kier molecular flexibility index (Phi) is 7.77. The predicted octanol–water partition coefficient (Wildman–Crippen LogP) is 5.40. The van der Waals surface area contributed by atoms with Crippen molar-refractivity contribution in [2.45, 2.75) is 12.8 Å². The van der Waals surface area contributed by atoms with Crippen molar-refractivity contribution < 1.29 is 23.8 Å². The van der Waals surface area contributed by atoms with Crippen LogP contribution in [0.25, 0.3) is 6.08 Å². The standard InChI is InChI=1S/C24H19FINO4/c25-18-10-5-16(6-11-18)9-14-23(28)27-21(24(29)30)15-17-7-12-19(13-8-17)31-22-4-2-1-3-20(22)26/h1-8,10-13,15H,9,14H2,(H,27,28)(H,29,30). The van der Waals surface area contributed by atoms with Crippen LogP contribution in [0.15, 0.2) is 78.5 Å². The van der Waals surface area contributed by atoms with Crippen LogP contribution in [0.1, 0.15) is 17.5 Å². The number of nitrogens with one attached hydrogen (secondary N) is 1. The molecule has 7 heteroatoms. The van der Waals surface area contributed by atoms with Gasteiger partial charge < -0.3 is 15.2 Å². The number of rotatable bonds is 8. The number of benzene rings is 3. The second-order valence-corrected chi connectivity index (χ2v) is 7.80. The molecule has 3 aromatic carbocycles. The lowest BCUT2D eigenvalue weighted by atomic mass is 10.1. The summed E-state index contributed by atoms with van der Waals surface area (Å²) in [6.45, 7) is 0. The van der Waals surface area contributed by atoms with Crippen LogP contribution in [-0.2, 0) is 16.0 Å². The van der Waals surface area contributed by atoms with Crippen LogP contribution in [-0.4, -0.2) is 17.0 Å². The molecule has 0 unspecified atom stereocenters. The minimum Gasteiger partial charge on any atom is -0.477 e. The fraction of sp³-hybridized carbons (Fsp3) is 0.0833. The summed E-state index contributed by atoms with van der Waals surface area (Å²) >= 11 is 2.18. The molecule has 3 rings (SSSR count). The first-order valence-corrected chi connectivity index (χ1v) is 10.5. The van der Waals surface area contributed by atoms with E-state index in [9.17, 15) is 19.1 Å². The number of carbonyl (C=O) groups excluding carboxylic acids is 1. The Morgan fingerprint density at radius 2 is 1.68 bits per heavy atom. The maximum absolute atomic E-state index is 12.9. The van der Waals surface area contributed by atoms with Crippen LogP contribution < -0.4 is 10.1 Å². The summed E-state index contributed by atoms with van der Waals surface area (Å²) in [6, 6.07) is 20.3. The van der Waals surface area contributed by atoms with Gasteiger partial charge in [-0.1, -0.05) is 36.4 Å². The lowest BCUT2D eigenvalue weighted by Gasteiger charge is -2.09. The Balaban J connectivity index is 1.63. The summed E-state index contributed by atoms with van der Waals surface area (Å²) in [6.07, 6.45) is 1.84. The Labute approximate surface area is 192 Å². The fourth-order valence-corrected chi connectivity index (χ4v) is 3.22. The zero-order valence-corrected chi connectivity index (χ0v) is 18.5. The molecule has 0 aliphatic carbocycles. The highest BCUT2D eigenvalue weighted by Gasteiger charge is 2.12. The van der Waals surface area contributed by atoms with Crippen molar-refractivity contribution in [2.75, 3.05) is 0 Å². The molecule has 0 atom stereocenters. The number of carboxylic acid groups (broad SMARTS) is 1. The van der Waals surface area contributed by atoms with Gasteiger partial charge in [0.05, 0.1) is 3.57 Å². The zero-order valence-electron chi connectivity index (χ0n) is 16.3. The van der Waals surface area contributed by atoms with E-state index in [1.165, 1.54) is 18.2 Å². The van der Waals surface area contributed by atoms with Crippen molar-refractivity contribution in [2.24, 2.45) is 0 Å². The minimum absolute atomic E-state index is 0.0821. The second kappa shape index (κ2) is 10.7. The Morgan fingerprint density at radius 3 is 2.32 bits per heavy atom. The average molecular weight is 531 g/mol. The molecule has 158 valence electrons. The molecule has 0 spiro atoms. The molecule has 5 nitrogen and oxygen atoms in total. The van der Waals surface area contributed by atoms with E-state index >= 15 is 0 Å². The summed E-state index contributed by atoms with van der Waals surface area (Å²) in [5.41, 5.74) is 1.17. The van der Waals surface area contributed by atoms with Gasteiger partial charge in [-0.05, 0) is 82.6 Å². The van der Waals surface area contributed by atoms with E-state index in [-0.39, 0.29) is 17.9 Å². The first-order chi connectivity index (χ1) is 14.9. The molecule has 0 fully saturated rings. The van der Waals surface area contributed by atoms with E-state index in [1.54, 1.807) is 36.4 Å². The van der Waals surface area contributed by atoms with Crippen molar-refractivity contribution in [3.63, 3.8) is 0 Å². The maximum Gasteiger partial charge on any atom is 0.352 e. The van der Waals surface area contributed by atoms with E-state index in [2.05, 4.69) is 27.9 Å². The van der Waals surface area contributed by atoms with E-state index in [1.807, 2.05) is 24.3 Å². The summed E-state index contributed by atoms with van der Waals surface area (Å²) < 4.78 is 19.7. The lowest BCUT2D eigenvalue weighted by molar-refractivity contribution is -0.134. The second-order valence-electron chi connectivity index (χ2n) is 6.64. The Morgan fingerprint density at radius 1 is 1.00 bits per heavy atom. The van der Waals surface area contributed by atoms with Crippen molar-refractivity contribution >= 4 is 40.5 Å². The number of amides is 1. The van der Waals surface area contributed by atoms with E-state index in [0.29, 0.717) is 17.7 Å². The van der Waals surface area contributed by atoms with Gasteiger partial charge in [0.15, 0.2) is 0 Å². The molecule has 31 heavy (non-hydrogen) atoms. The quantitative estimate of drug-likeness (QED) is 0.302. The van der Waals surface area contributed by atoms with Gasteiger partial charge in [0.2, 0.25) is 5.91 Å². The molecule has 3 aromatic rings. The Hall–Kier alpha value is -3.20. The van der Waals surface area contributed by atoms with Gasteiger partial charge in [0, 0.05) is 6.42 Å². The molecular formula is C24H19FINO4. The smallest absolute Gasteiger partial charge is 0.352 e. The SMILES string of the molecule is O=C(CCc1ccc(F)cc1)NC(=Cc1ccc(Oc2ccccc2I)cc1)C(=O)O. The topological polar surface area (TPSA) is 75.6 Å².